The highest BCUT2D eigenvalue weighted by molar-refractivity contribution is 6.32. The van der Waals surface area contributed by atoms with Crippen molar-refractivity contribution in [3.05, 3.63) is 40.7 Å². The van der Waals surface area contributed by atoms with Gasteiger partial charge in [-0.3, -0.25) is 4.68 Å². The lowest BCUT2D eigenvalue weighted by molar-refractivity contribution is 0.262. The molecule has 0 saturated carbocycles. The number of nitrogens with zero attached hydrogens (tertiary/aromatic N) is 2. The standard InChI is InChI=1S/C16H21ClN4O2/c1-3-11-5-6-14(17)13(4-2)15(11)20-16(23)19-12-9-18-21(10-12)7-8-22/h5-6,9-10,22H,3-4,7-8H2,1-2H3,(H2,19,20,23). The van der Waals surface area contributed by atoms with Gasteiger partial charge in [0, 0.05) is 11.2 Å². The Kier molecular flexibility index (Phi) is 6.01. The summed E-state index contributed by atoms with van der Waals surface area (Å²) in [6.45, 7) is 4.42. The molecule has 0 aliphatic heterocycles. The van der Waals surface area contributed by atoms with Crippen LogP contribution in [0.2, 0.25) is 5.02 Å². The van der Waals surface area contributed by atoms with Gasteiger partial charge in [-0.25, -0.2) is 4.79 Å². The van der Waals surface area contributed by atoms with Crippen molar-refractivity contribution in [2.75, 3.05) is 17.2 Å². The molecule has 2 aromatic rings. The zero-order valence-corrected chi connectivity index (χ0v) is 14.0. The lowest BCUT2D eigenvalue weighted by Gasteiger charge is -2.16. The van der Waals surface area contributed by atoms with E-state index in [1.54, 1.807) is 10.9 Å². The van der Waals surface area contributed by atoms with Crippen molar-refractivity contribution in [1.82, 2.24) is 9.78 Å². The van der Waals surface area contributed by atoms with Gasteiger partial charge in [0.1, 0.15) is 0 Å². The maximum atomic E-state index is 12.2. The summed E-state index contributed by atoms with van der Waals surface area (Å²) < 4.78 is 1.56. The van der Waals surface area contributed by atoms with Crippen molar-refractivity contribution in [3.8, 4) is 0 Å². The van der Waals surface area contributed by atoms with Gasteiger partial charge in [0.2, 0.25) is 0 Å². The van der Waals surface area contributed by atoms with E-state index in [4.69, 9.17) is 16.7 Å². The molecule has 3 N–H and O–H groups in total. The summed E-state index contributed by atoms with van der Waals surface area (Å²) in [5, 5.41) is 19.2. The van der Waals surface area contributed by atoms with Crippen LogP contribution in [0.3, 0.4) is 0 Å². The summed E-state index contributed by atoms with van der Waals surface area (Å²) in [4.78, 5) is 12.2. The van der Waals surface area contributed by atoms with Crippen molar-refractivity contribution in [1.29, 1.82) is 0 Å². The number of rotatable bonds is 6. The van der Waals surface area contributed by atoms with Gasteiger partial charge in [0.25, 0.3) is 0 Å². The van der Waals surface area contributed by atoms with Crippen molar-refractivity contribution < 1.29 is 9.90 Å². The fraction of sp³-hybridized carbons (Fsp3) is 0.375. The highest BCUT2D eigenvalue weighted by atomic mass is 35.5. The number of aryl methyl sites for hydroxylation is 1. The van der Waals surface area contributed by atoms with Gasteiger partial charge in [-0.2, -0.15) is 5.10 Å². The van der Waals surface area contributed by atoms with E-state index in [0.717, 1.165) is 29.7 Å². The van der Waals surface area contributed by atoms with E-state index in [1.165, 1.54) is 6.20 Å². The third kappa shape index (κ3) is 4.24. The van der Waals surface area contributed by atoms with E-state index in [0.29, 0.717) is 17.3 Å². The van der Waals surface area contributed by atoms with Crippen molar-refractivity contribution >= 4 is 29.0 Å². The van der Waals surface area contributed by atoms with E-state index >= 15 is 0 Å². The number of hydrogen-bond donors (Lipinski definition) is 3. The van der Waals surface area contributed by atoms with E-state index in [1.807, 2.05) is 26.0 Å². The van der Waals surface area contributed by atoms with Crippen LogP contribution in [0, 0.1) is 0 Å². The number of urea groups is 1. The minimum absolute atomic E-state index is 0.00441. The summed E-state index contributed by atoms with van der Waals surface area (Å²) in [5.74, 6) is 0. The second kappa shape index (κ2) is 7.99. The van der Waals surface area contributed by atoms with E-state index in [9.17, 15) is 4.79 Å². The predicted octanol–water partition coefficient (Wildman–Crippen LogP) is 3.30. The van der Waals surface area contributed by atoms with Crippen molar-refractivity contribution in [2.24, 2.45) is 0 Å². The predicted molar refractivity (Wildman–Crippen MR) is 92.2 cm³/mol. The first-order valence-corrected chi connectivity index (χ1v) is 7.98. The minimum atomic E-state index is -0.347. The zero-order valence-electron chi connectivity index (χ0n) is 13.3. The van der Waals surface area contributed by atoms with Gasteiger partial charge >= 0.3 is 6.03 Å². The molecule has 23 heavy (non-hydrogen) atoms. The number of nitrogens with one attached hydrogen (secondary N) is 2. The van der Waals surface area contributed by atoms with Crippen LogP contribution in [-0.2, 0) is 19.4 Å². The smallest absolute Gasteiger partial charge is 0.323 e. The third-order valence-electron chi connectivity index (χ3n) is 3.54. The molecule has 0 unspecified atom stereocenters. The van der Waals surface area contributed by atoms with Crippen LogP contribution < -0.4 is 10.6 Å². The zero-order chi connectivity index (χ0) is 16.8. The lowest BCUT2D eigenvalue weighted by atomic mass is 10.0. The highest BCUT2D eigenvalue weighted by Gasteiger charge is 2.13. The minimum Gasteiger partial charge on any atom is -0.394 e. The number of anilines is 2. The fourth-order valence-corrected chi connectivity index (χ4v) is 2.69. The molecule has 124 valence electrons. The Labute approximate surface area is 140 Å². The fourth-order valence-electron chi connectivity index (χ4n) is 2.40. The molecular formula is C16H21ClN4O2. The quantitative estimate of drug-likeness (QED) is 0.757. The lowest BCUT2D eigenvalue weighted by Crippen LogP contribution is -2.21. The van der Waals surface area contributed by atoms with E-state index in [2.05, 4.69) is 15.7 Å². The largest absolute Gasteiger partial charge is 0.394 e. The maximum Gasteiger partial charge on any atom is 0.323 e. The molecule has 0 atom stereocenters. The molecule has 0 aliphatic rings. The van der Waals surface area contributed by atoms with Crippen molar-refractivity contribution in [3.63, 3.8) is 0 Å². The second-order valence-electron chi connectivity index (χ2n) is 5.06. The topological polar surface area (TPSA) is 79.2 Å². The highest BCUT2D eigenvalue weighted by Crippen LogP contribution is 2.29. The van der Waals surface area contributed by atoms with Gasteiger partial charge in [-0.15, -0.1) is 0 Å². The number of carbonyl (C=O) groups excluding carboxylic acids is 1. The first-order chi connectivity index (χ1) is 11.1. The average Bonchev–Trinajstić information content (AvgIpc) is 2.95. The molecule has 6 nitrogen and oxygen atoms in total. The molecule has 1 aromatic heterocycles. The molecule has 7 heteroatoms. The SMILES string of the molecule is CCc1ccc(Cl)c(CC)c1NC(=O)Nc1cnn(CCO)c1. The molecule has 1 heterocycles. The van der Waals surface area contributed by atoms with Crippen LogP contribution >= 0.6 is 11.6 Å². The van der Waals surface area contributed by atoms with Gasteiger partial charge < -0.3 is 15.7 Å². The molecule has 2 amide bonds. The first kappa shape index (κ1) is 17.3. The molecule has 0 spiro atoms. The number of carbonyl (C=O) groups is 1. The molecule has 0 bridgehead atoms. The summed E-state index contributed by atoms with van der Waals surface area (Å²) in [6.07, 6.45) is 4.73. The molecule has 0 fully saturated rings. The first-order valence-electron chi connectivity index (χ1n) is 7.60. The Morgan fingerprint density at radius 2 is 2.09 bits per heavy atom. The van der Waals surface area contributed by atoms with Crippen LogP contribution in [0.5, 0.6) is 0 Å². The molecular weight excluding hydrogens is 316 g/mol. The number of aliphatic hydroxyl groups is 1. The molecule has 0 saturated heterocycles. The van der Waals surface area contributed by atoms with E-state index in [-0.39, 0.29) is 12.6 Å². The van der Waals surface area contributed by atoms with Crippen LogP contribution in [0.4, 0.5) is 16.2 Å². The number of hydrogen-bond acceptors (Lipinski definition) is 3. The molecule has 1 aromatic carbocycles. The Morgan fingerprint density at radius 3 is 2.74 bits per heavy atom. The Balaban J connectivity index is 2.14. The molecule has 2 rings (SSSR count). The summed E-state index contributed by atoms with van der Waals surface area (Å²) in [6, 6.07) is 3.44. The number of benzene rings is 1. The van der Waals surface area contributed by atoms with E-state index < -0.39 is 0 Å². The Morgan fingerprint density at radius 1 is 1.30 bits per heavy atom. The summed E-state index contributed by atoms with van der Waals surface area (Å²) in [5.41, 5.74) is 3.30. The van der Waals surface area contributed by atoms with Gasteiger partial charge in [-0.1, -0.05) is 31.5 Å². The Hall–Kier alpha value is -2.05. The number of halogens is 1. The number of aromatic nitrogens is 2. The second-order valence-corrected chi connectivity index (χ2v) is 5.47. The summed E-state index contributed by atoms with van der Waals surface area (Å²) in [7, 11) is 0. The third-order valence-corrected chi connectivity index (χ3v) is 3.89. The molecule has 0 aliphatic carbocycles. The normalized spacial score (nSPS) is 10.6. The number of amides is 2. The van der Waals surface area contributed by atoms with Gasteiger partial charge in [-0.05, 0) is 30.0 Å². The van der Waals surface area contributed by atoms with Crippen LogP contribution in [-0.4, -0.2) is 27.5 Å². The van der Waals surface area contributed by atoms with Crippen LogP contribution in [0.25, 0.3) is 0 Å². The average molecular weight is 337 g/mol. The van der Waals surface area contributed by atoms with Gasteiger partial charge in [0.05, 0.1) is 30.7 Å². The maximum absolute atomic E-state index is 12.2. The number of aliphatic hydroxyl groups excluding tert-OH is 1. The monoisotopic (exact) mass is 336 g/mol. The van der Waals surface area contributed by atoms with Crippen LogP contribution in [0.15, 0.2) is 24.5 Å². The van der Waals surface area contributed by atoms with Gasteiger partial charge in [0.15, 0.2) is 0 Å². The van der Waals surface area contributed by atoms with Crippen molar-refractivity contribution in [2.45, 2.75) is 33.2 Å². The van der Waals surface area contributed by atoms with Crippen LogP contribution in [0.1, 0.15) is 25.0 Å². The molecule has 0 radical (unpaired) electrons. The summed E-state index contributed by atoms with van der Waals surface area (Å²) >= 11 is 6.23. The Bertz CT molecular complexity index is 685.